The summed E-state index contributed by atoms with van der Waals surface area (Å²) in [6, 6.07) is 1.56. The molecular weight excluding hydrogens is 166 g/mol. The van der Waals surface area contributed by atoms with Gasteiger partial charge < -0.3 is 5.32 Å². The van der Waals surface area contributed by atoms with Crippen LogP contribution in [0.2, 0.25) is 0 Å². The summed E-state index contributed by atoms with van der Waals surface area (Å²) in [5, 5.41) is 10.8. The maximum Gasteiger partial charge on any atom is 0.225 e. The standard InChI is InChI=1S/C5H11N3O2S/c1-7-3-4-8-11(9,10)5-2-6/h7-8H,3-5H2,1H3. The Morgan fingerprint density at radius 3 is 2.55 bits per heavy atom. The van der Waals surface area contributed by atoms with Crippen molar-refractivity contribution >= 4 is 10.0 Å². The molecule has 11 heavy (non-hydrogen) atoms. The molecule has 0 spiro atoms. The Balaban J connectivity index is 3.68. The molecule has 0 atom stereocenters. The quantitative estimate of drug-likeness (QED) is 0.509. The second-order valence-corrected chi connectivity index (χ2v) is 3.72. The predicted molar refractivity (Wildman–Crippen MR) is 41.3 cm³/mol. The summed E-state index contributed by atoms with van der Waals surface area (Å²) in [5.74, 6) is -0.475. The minimum Gasteiger partial charge on any atom is -0.318 e. The summed E-state index contributed by atoms with van der Waals surface area (Å²) in [6.07, 6.45) is 0. The van der Waals surface area contributed by atoms with Gasteiger partial charge in [0.25, 0.3) is 0 Å². The molecule has 64 valence electrons. The minimum atomic E-state index is -3.36. The van der Waals surface area contributed by atoms with Crippen LogP contribution in [-0.2, 0) is 10.0 Å². The van der Waals surface area contributed by atoms with E-state index in [2.05, 4.69) is 10.0 Å². The van der Waals surface area contributed by atoms with Gasteiger partial charge in [-0.1, -0.05) is 0 Å². The van der Waals surface area contributed by atoms with Crippen molar-refractivity contribution in [3.05, 3.63) is 0 Å². The summed E-state index contributed by atoms with van der Waals surface area (Å²) in [5.41, 5.74) is 0. The third kappa shape index (κ3) is 5.79. The average molecular weight is 177 g/mol. The Kier molecular flexibility index (Phi) is 4.77. The van der Waals surface area contributed by atoms with E-state index in [1.54, 1.807) is 13.1 Å². The molecule has 0 fully saturated rings. The summed E-state index contributed by atoms with van der Waals surface area (Å²) in [4.78, 5) is 0. The largest absolute Gasteiger partial charge is 0.318 e. The molecule has 0 saturated carbocycles. The Bertz CT molecular complexity index is 229. The molecule has 0 amide bonds. The second-order valence-electron chi connectivity index (χ2n) is 1.92. The van der Waals surface area contributed by atoms with Gasteiger partial charge in [0, 0.05) is 13.1 Å². The lowest BCUT2D eigenvalue weighted by Crippen LogP contribution is -2.31. The Morgan fingerprint density at radius 1 is 1.45 bits per heavy atom. The van der Waals surface area contributed by atoms with Gasteiger partial charge >= 0.3 is 0 Å². The molecule has 0 aromatic carbocycles. The lowest BCUT2D eigenvalue weighted by Gasteiger charge is -2.01. The number of hydrogen-bond donors (Lipinski definition) is 2. The van der Waals surface area contributed by atoms with Crippen LogP contribution in [0.5, 0.6) is 0 Å². The van der Waals surface area contributed by atoms with Gasteiger partial charge in [0.2, 0.25) is 10.0 Å². The minimum absolute atomic E-state index is 0.320. The van der Waals surface area contributed by atoms with Crippen LogP contribution >= 0.6 is 0 Å². The van der Waals surface area contributed by atoms with E-state index in [1.165, 1.54) is 0 Å². The summed E-state index contributed by atoms with van der Waals surface area (Å²) < 4.78 is 23.7. The third-order valence-corrected chi connectivity index (χ3v) is 2.10. The molecule has 2 N–H and O–H groups in total. The number of nitriles is 1. The van der Waals surface area contributed by atoms with Gasteiger partial charge in [-0.15, -0.1) is 0 Å². The topological polar surface area (TPSA) is 82.0 Å². The van der Waals surface area contributed by atoms with Crippen LogP contribution in [0.15, 0.2) is 0 Å². The average Bonchev–Trinajstić information content (AvgIpc) is 1.87. The normalized spacial score (nSPS) is 10.9. The molecule has 0 heterocycles. The van der Waals surface area contributed by atoms with E-state index in [0.717, 1.165) is 0 Å². The van der Waals surface area contributed by atoms with Crippen molar-refractivity contribution in [1.82, 2.24) is 10.0 Å². The van der Waals surface area contributed by atoms with Gasteiger partial charge in [-0.05, 0) is 7.05 Å². The lowest BCUT2D eigenvalue weighted by molar-refractivity contribution is 0.583. The van der Waals surface area contributed by atoms with E-state index in [1.807, 2.05) is 0 Å². The number of rotatable bonds is 5. The van der Waals surface area contributed by atoms with Gasteiger partial charge in [0.05, 0.1) is 6.07 Å². The molecule has 0 saturated heterocycles. The molecule has 0 rings (SSSR count). The highest BCUT2D eigenvalue weighted by Crippen LogP contribution is 1.79. The van der Waals surface area contributed by atoms with Gasteiger partial charge in [-0.25, -0.2) is 13.1 Å². The number of sulfonamides is 1. The smallest absolute Gasteiger partial charge is 0.225 e. The van der Waals surface area contributed by atoms with E-state index in [9.17, 15) is 8.42 Å². The van der Waals surface area contributed by atoms with E-state index >= 15 is 0 Å². The maximum atomic E-state index is 10.7. The van der Waals surface area contributed by atoms with Crippen LogP contribution in [0.1, 0.15) is 0 Å². The number of nitrogens with zero attached hydrogens (tertiary/aromatic N) is 1. The Hall–Kier alpha value is -0.640. The molecule has 0 aromatic heterocycles. The van der Waals surface area contributed by atoms with Crippen molar-refractivity contribution in [2.75, 3.05) is 25.9 Å². The molecule has 0 unspecified atom stereocenters. The van der Waals surface area contributed by atoms with Gasteiger partial charge in [-0.2, -0.15) is 5.26 Å². The van der Waals surface area contributed by atoms with Crippen molar-refractivity contribution in [3.63, 3.8) is 0 Å². The van der Waals surface area contributed by atoms with Crippen molar-refractivity contribution in [2.24, 2.45) is 0 Å². The first-order valence-electron chi connectivity index (χ1n) is 3.11. The fraction of sp³-hybridized carbons (Fsp3) is 0.800. The highest BCUT2D eigenvalue weighted by molar-refractivity contribution is 7.89. The van der Waals surface area contributed by atoms with Crippen LogP contribution in [0, 0.1) is 11.3 Å². The van der Waals surface area contributed by atoms with Crippen LogP contribution in [-0.4, -0.2) is 34.3 Å². The van der Waals surface area contributed by atoms with Gasteiger partial charge in [0.15, 0.2) is 5.75 Å². The molecule has 0 aliphatic heterocycles. The molecule has 0 aliphatic carbocycles. The van der Waals surface area contributed by atoms with Crippen molar-refractivity contribution < 1.29 is 8.42 Å². The lowest BCUT2D eigenvalue weighted by atomic mass is 10.7. The molecule has 0 bridgehead atoms. The van der Waals surface area contributed by atoms with Gasteiger partial charge in [0.1, 0.15) is 0 Å². The fourth-order valence-corrected chi connectivity index (χ4v) is 1.15. The molecule has 5 nitrogen and oxygen atoms in total. The zero-order valence-corrected chi connectivity index (χ0v) is 7.11. The second kappa shape index (κ2) is 5.07. The zero-order chi connectivity index (χ0) is 8.74. The summed E-state index contributed by atoms with van der Waals surface area (Å²) in [6.45, 7) is 0.880. The molecule has 6 heteroatoms. The summed E-state index contributed by atoms with van der Waals surface area (Å²) in [7, 11) is -1.63. The van der Waals surface area contributed by atoms with Crippen LogP contribution in [0.4, 0.5) is 0 Å². The first kappa shape index (κ1) is 10.4. The van der Waals surface area contributed by atoms with Crippen LogP contribution in [0.3, 0.4) is 0 Å². The van der Waals surface area contributed by atoms with Crippen molar-refractivity contribution in [2.45, 2.75) is 0 Å². The highest BCUT2D eigenvalue weighted by atomic mass is 32.2. The third-order valence-electron chi connectivity index (χ3n) is 0.952. The maximum absolute atomic E-state index is 10.7. The first-order valence-corrected chi connectivity index (χ1v) is 4.76. The van der Waals surface area contributed by atoms with Crippen LogP contribution < -0.4 is 10.0 Å². The van der Waals surface area contributed by atoms with E-state index < -0.39 is 15.8 Å². The Labute approximate surface area is 66.5 Å². The van der Waals surface area contributed by atoms with Crippen molar-refractivity contribution in [3.8, 4) is 6.07 Å². The molecule has 0 aliphatic rings. The number of nitrogens with one attached hydrogen (secondary N) is 2. The molecule has 0 aromatic rings. The predicted octanol–water partition coefficient (Wildman–Crippen LogP) is -1.35. The highest BCUT2D eigenvalue weighted by Gasteiger charge is 2.06. The fourth-order valence-electron chi connectivity index (χ4n) is 0.468. The first-order chi connectivity index (χ1) is 5.12. The van der Waals surface area contributed by atoms with E-state index in [-0.39, 0.29) is 0 Å². The zero-order valence-electron chi connectivity index (χ0n) is 6.29. The Morgan fingerprint density at radius 2 is 2.09 bits per heavy atom. The van der Waals surface area contributed by atoms with E-state index in [0.29, 0.717) is 13.1 Å². The molecular formula is C5H11N3O2S. The monoisotopic (exact) mass is 177 g/mol. The summed E-state index contributed by atoms with van der Waals surface area (Å²) >= 11 is 0. The van der Waals surface area contributed by atoms with Crippen molar-refractivity contribution in [1.29, 1.82) is 5.26 Å². The number of hydrogen-bond acceptors (Lipinski definition) is 4. The SMILES string of the molecule is CNCCNS(=O)(=O)CC#N. The van der Waals surface area contributed by atoms with Crippen LogP contribution in [0.25, 0.3) is 0 Å². The number of likely N-dealkylation sites (N-methyl/N-ethyl adjacent to an activating group) is 1. The van der Waals surface area contributed by atoms with E-state index in [4.69, 9.17) is 5.26 Å². The van der Waals surface area contributed by atoms with Gasteiger partial charge in [-0.3, -0.25) is 0 Å². The molecule has 0 radical (unpaired) electrons.